The summed E-state index contributed by atoms with van der Waals surface area (Å²) in [6.07, 6.45) is 6.87. The Balaban J connectivity index is 1.67. The predicted molar refractivity (Wildman–Crippen MR) is 67.9 cm³/mol. The lowest BCUT2D eigenvalue weighted by molar-refractivity contribution is 0.438. The Morgan fingerprint density at radius 2 is 2.41 bits per heavy atom. The zero-order valence-electron chi connectivity index (χ0n) is 9.67. The second-order valence-electron chi connectivity index (χ2n) is 3.58. The number of hydrogen-bond acceptors (Lipinski definition) is 5. The van der Waals surface area contributed by atoms with Crippen molar-refractivity contribution < 1.29 is 4.42 Å². The maximum absolute atomic E-state index is 5.32. The SMILES string of the molecule is CC(NCCSc1cnccn1)c1ccco1. The molecule has 1 atom stereocenters. The molecule has 2 heterocycles. The van der Waals surface area contributed by atoms with Crippen molar-refractivity contribution >= 4 is 11.8 Å². The van der Waals surface area contributed by atoms with Crippen LogP contribution in [0.15, 0.2) is 46.4 Å². The van der Waals surface area contributed by atoms with Crippen molar-refractivity contribution in [2.45, 2.75) is 18.0 Å². The molecule has 0 bridgehead atoms. The first kappa shape index (κ1) is 12.1. The molecule has 17 heavy (non-hydrogen) atoms. The summed E-state index contributed by atoms with van der Waals surface area (Å²) >= 11 is 1.69. The van der Waals surface area contributed by atoms with Crippen molar-refractivity contribution in [3.63, 3.8) is 0 Å². The molecule has 5 heteroatoms. The van der Waals surface area contributed by atoms with Crippen molar-refractivity contribution in [2.24, 2.45) is 0 Å². The highest BCUT2D eigenvalue weighted by atomic mass is 32.2. The lowest BCUT2D eigenvalue weighted by Crippen LogP contribution is -2.20. The van der Waals surface area contributed by atoms with E-state index in [2.05, 4.69) is 22.2 Å². The maximum Gasteiger partial charge on any atom is 0.120 e. The van der Waals surface area contributed by atoms with Crippen molar-refractivity contribution in [2.75, 3.05) is 12.3 Å². The molecule has 0 saturated carbocycles. The van der Waals surface area contributed by atoms with Crippen LogP contribution in [0.5, 0.6) is 0 Å². The normalized spacial score (nSPS) is 12.5. The smallest absolute Gasteiger partial charge is 0.120 e. The van der Waals surface area contributed by atoms with Crippen LogP contribution in [0, 0.1) is 0 Å². The van der Waals surface area contributed by atoms with Gasteiger partial charge in [0.25, 0.3) is 0 Å². The summed E-state index contributed by atoms with van der Waals surface area (Å²) in [6, 6.07) is 4.13. The third kappa shape index (κ3) is 3.87. The van der Waals surface area contributed by atoms with Gasteiger partial charge in [-0.2, -0.15) is 0 Å². The molecule has 0 amide bonds. The number of rotatable bonds is 6. The molecule has 0 aliphatic heterocycles. The Hall–Kier alpha value is -1.33. The minimum atomic E-state index is 0.243. The molecule has 1 N–H and O–H groups in total. The lowest BCUT2D eigenvalue weighted by Gasteiger charge is -2.10. The third-order valence-corrected chi connectivity index (χ3v) is 3.23. The zero-order valence-corrected chi connectivity index (χ0v) is 10.5. The minimum absolute atomic E-state index is 0.243. The van der Waals surface area contributed by atoms with Crippen LogP contribution in [0.2, 0.25) is 0 Å². The van der Waals surface area contributed by atoms with Crippen LogP contribution < -0.4 is 5.32 Å². The Bertz CT molecular complexity index is 419. The zero-order chi connectivity index (χ0) is 11.9. The molecule has 0 saturated heterocycles. The maximum atomic E-state index is 5.32. The van der Waals surface area contributed by atoms with E-state index in [1.54, 1.807) is 36.6 Å². The number of aromatic nitrogens is 2. The van der Waals surface area contributed by atoms with Gasteiger partial charge in [-0.25, -0.2) is 4.98 Å². The van der Waals surface area contributed by atoms with Gasteiger partial charge in [0.2, 0.25) is 0 Å². The standard InChI is InChI=1S/C12H15N3OS/c1-10(11-3-2-7-16-11)14-6-8-17-12-9-13-4-5-15-12/h2-5,7,9-10,14H,6,8H2,1H3. The highest BCUT2D eigenvalue weighted by molar-refractivity contribution is 7.99. The minimum Gasteiger partial charge on any atom is -0.468 e. The molecule has 0 aliphatic rings. The third-order valence-electron chi connectivity index (χ3n) is 2.31. The second kappa shape index (κ2) is 6.42. The van der Waals surface area contributed by atoms with Gasteiger partial charge in [-0.15, -0.1) is 11.8 Å². The molecule has 90 valence electrons. The quantitative estimate of drug-likeness (QED) is 0.629. The van der Waals surface area contributed by atoms with E-state index in [-0.39, 0.29) is 6.04 Å². The van der Waals surface area contributed by atoms with Crippen LogP contribution in [0.25, 0.3) is 0 Å². The molecule has 4 nitrogen and oxygen atoms in total. The topological polar surface area (TPSA) is 51.0 Å². The van der Waals surface area contributed by atoms with Gasteiger partial charge in [0.05, 0.1) is 18.5 Å². The van der Waals surface area contributed by atoms with Crippen molar-refractivity contribution in [3.8, 4) is 0 Å². The molecule has 2 rings (SSSR count). The van der Waals surface area contributed by atoms with Crippen LogP contribution in [0.4, 0.5) is 0 Å². The van der Waals surface area contributed by atoms with Gasteiger partial charge >= 0.3 is 0 Å². The van der Waals surface area contributed by atoms with E-state index in [4.69, 9.17) is 4.42 Å². The molecule has 0 fully saturated rings. The van der Waals surface area contributed by atoms with E-state index in [0.29, 0.717) is 0 Å². The van der Waals surface area contributed by atoms with Gasteiger partial charge < -0.3 is 9.73 Å². The fourth-order valence-corrected chi connectivity index (χ4v) is 2.13. The number of hydrogen-bond donors (Lipinski definition) is 1. The molecule has 0 aliphatic carbocycles. The molecule has 0 spiro atoms. The van der Waals surface area contributed by atoms with Gasteiger partial charge in [-0.1, -0.05) is 0 Å². The summed E-state index contributed by atoms with van der Waals surface area (Å²) in [5, 5.41) is 4.35. The Morgan fingerprint density at radius 1 is 1.47 bits per heavy atom. The summed E-state index contributed by atoms with van der Waals surface area (Å²) in [4.78, 5) is 8.22. The monoisotopic (exact) mass is 249 g/mol. The van der Waals surface area contributed by atoms with E-state index in [0.717, 1.165) is 23.1 Å². The first-order chi connectivity index (χ1) is 8.36. The average Bonchev–Trinajstić information content (AvgIpc) is 2.89. The van der Waals surface area contributed by atoms with E-state index < -0.39 is 0 Å². The fourth-order valence-electron chi connectivity index (χ4n) is 1.43. The first-order valence-electron chi connectivity index (χ1n) is 5.52. The number of nitrogens with one attached hydrogen (secondary N) is 1. The molecule has 0 aromatic carbocycles. The van der Waals surface area contributed by atoms with Crippen LogP contribution >= 0.6 is 11.8 Å². The van der Waals surface area contributed by atoms with Crippen molar-refractivity contribution in [1.82, 2.24) is 15.3 Å². The van der Waals surface area contributed by atoms with E-state index >= 15 is 0 Å². The van der Waals surface area contributed by atoms with Crippen LogP contribution in [-0.4, -0.2) is 22.3 Å². The van der Waals surface area contributed by atoms with Gasteiger partial charge in [0, 0.05) is 24.7 Å². The molecular formula is C12H15N3OS. The molecule has 2 aromatic heterocycles. The molecule has 2 aromatic rings. The fraction of sp³-hybridized carbons (Fsp3) is 0.333. The van der Waals surface area contributed by atoms with Gasteiger partial charge in [-0.3, -0.25) is 4.98 Å². The lowest BCUT2D eigenvalue weighted by atomic mass is 10.2. The summed E-state index contributed by atoms with van der Waals surface area (Å²) in [6.45, 7) is 2.99. The molecule has 1 unspecified atom stereocenters. The van der Waals surface area contributed by atoms with E-state index in [1.807, 2.05) is 12.1 Å². The predicted octanol–water partition coefficient (Wildman–Crippen LogP) is 2.51. The van der Waals surface area contributed by atoms with Gasteiger partial charge in [0.1, 0.15) is 10.8 Å². The first-order valence-corrected chi connectivity index (χ1v) is 6.50. The van der Waals surface area contributed by atoms with E-state index in [1.165, 1.54) is 0 Å². The van der Waals surface area contributed by atoms with Gasteiger partial charge in [-0.05, 0) is 19.1 Å². The van der Waals surface area contributed by atoms with Gasteiger partial charge in [0.15, 0.2) is 0 Å². The highest BCUT2D eigenvalue weighted by Crippen LogP contribution is 2.14. The van der Waals surface area contributed by atoms with Crippen LogP contribution in [0.3, 0.4) is 0 Å². The highest BCUT2D eigenvalue weighted by Gasteiger charge is 2.06. The Morgan fingerprint density at radius 3 is 3.12 bits per heavy atom. The summed E-state index contributed by atoms with van der Waals surface area (Å²) in [7, 11) is 0. The molecular weight excluding hydrogens is 234 g/mol. The summed E-state index contributed by atoms with van der Waals surface area (Å²) < 4.78 is 5.32. The van der Waals surface area contributed by atoms with Crippen molar-refractivity contribution in [1.29, 1.82) is 0 Å². The summed E-state index contributed by atoms with van der Waals surface area (Å²) in [5.41, 5.74) is 0. The van der Waals surface area contributed by atoms with Crippen molar-refractivity contribution in [3.05, 3.63) is 42.7 Å². The number of thioether (sulfide) groups is 1. The largest absolute Gasteiger partial charge is 0.468 e. The Labute approximate surface area is 105 Å². The molecule has 0 radical (unpaired) electrons. The second-order valence-corrected chi connectivity index (χ2v) is 4.70. The number of furan rings is 1. The summed E-state index contributed by atoms with van der Waals surface area (Å²) in [5.74, 6) is 1.93. The Kier molecular flexibility index (Phi) is 4.58. The average molecular weight is 249 g/mol. The van der Waals surface area contributed by atoms with Crippen LogP contribution in [0.1, 0.15) is 18.7 Å². The van der Waals surface area contributed by atoms with Crippen LogP contribution in [-0.2, 0) is 0 Å². The number of nitrogens with zero attached hydrogens (tertiary/aromatic N) is 2. The van der Waals surface area contributed by atoms with E-state index in [9.17, 15) is 0 Å².